The van der Waals surface area contributed by atoms with Gasteiger partial charge in [0.1, 0.15) is 0 Å². The molecule has 0 aromatic heterocycles. The number of carbonyl (C=O) groups is 2. The van der Waals surface area contributed by atoms with Crippen LogP contribution >= 0.6 is 15.9 Å². The van der Waals surface area contributed by atoms with Crippen molar-refractivity contribution in [2.45, 2.75) is 26.7 Å². The highest BCUT2D eigenvalue weighted by atomic mass is 79.9. The lowest BCUT2D eigenvalue weighted by atomic mass is 10.2. The summed E-state index contributed by atoms with van der Waals surface area (Å²) in [6.07, 6.45) is 1.98. The van der Waals surface area contributed by atoms with Gasteiger partial charge in [-0.2, -0.15) is 0 Å². The van der Waals surface area contributed by atoms with Crippen LogP contribution in [-0.4, -0.2) is 32.1 Å². The molecule has 0 atom stereocenters. The Hall–Kier alpha value is -2.54. The van der Waals surface area contributed by atoms with E-state index in [1.54, 1.807) is 24.3 Å². The van der Waals surface area contributed by atoms with E-state index >= 15 is 0 Å². The van der Waals surface area contributed by atoms with Crippen LogP contribution in [0.1, 0.15) is 35.7 Å². The normalized spacial score (nSPS) is 10.3. The first kappa shape index (κ1) is 21.8. The number of benzene rings is 2. The standard InChI is InChI=1S/C21H25BrN2O4/c1-4-5-10-28-18-9-6-15(12-19(18)27-3)21(26)23-13-20(25)24-17-8-7-16(22)11-14(17)2/h6-9,11-12H,4-5,10,13H2,1-3H3,(H,23,26)(H,24,25). The van der Waals surface area contributed by atoms with Crippen molar-refractivity contribution in [2.24, 2.45) is 0 Å². The van der Waals surface area contributed by atoms with Crippen LogP contribution in [0.2, 0.25) is 0 Å². The first-order valence-electron chi connectivity index (χ1n) is 9.09. The van der Waals surface area contributed by atoms with Gasteiger partial charge >= 0.3 is 0 Å². The van der Waals surface area contributed by atoms with Gasteiger partial charge in [-0.3, -0.25) is 9.59 Å². The number of methoxy groups -OCH3 is 1. The summed E-state index contributed by atoms with van der Waals surface area (Å²) in [7, 11) is 1.53. The highest BCUT2D eigenvalue weighted by Crippen LogP contribution is 2.28. The molecule has 0 aliphatic carbocycles. The second kappa shape index (κ2) is 10.7. The maximum absolute atomic E-state index is 12.4. The van der Waals surface area contributed by atoms with Crippen LogP contribution in [0.4, 0.5) is 5.69 Å². The van der Waals surface area contributed by atoms with Crippen LogP contribution in [0.25, 0.3) is 0 Å². The number of ether oxygens (including phenoxy) is 2. The molecular weight excluding hydrogens is 424 g/mol. The Bertz CT molecular complexity index is 839. The topological polar surface area (TPSA) is 76.7 Å². The lowest BCUT2D eigenvalue weighted by Gasteiger charge is -2.12. The Morgan fingerprint density at radius 2 is 1.89 bits per heavy atom. The number of halogens is 1. The van der Waals surface area contributed by atoms with Crippen LogP contribution in [0.5, 0.6) is 11.5 Å². The zero-order chi connectivity index (χ0) is 20.5. The minimum Gasteiger partial charge on any atom is -0.493 e. The number of rotatable bonds is 9. The highest BCUT2D eigenvalue weighted by Gasteiger charge is 2.13. The SMILES string of the molecule is CCCCOc1ccc(C(=O)NCC(=O)Nc2ccc(Br)cc2C)cc1OC. The number of unbranched alkanes of at least 4 members (excludes halogenated alkanes) is 1. The van der Waals surface area contributed by atoms with Crippen molar-refractivity contribution >= 4 is 33.4 Å². The van der Waals surface area contributed by atoms with Crippen molar-refractivity contribution in [3.8, 4) is 11.5 Å². The van der Waals surface area contributed by atoms with Gasteiger partial charge in [-0.25, -0.2) is 0 Å². The van der Waals surface area contributed by atoms with Crippen molar-refractivity contribution < 1.29 is 19.1 Å². The number of nitrogens with one attached hydrogen (secondary N) is 2. The van der Waals surface area contributed by atoms with Gasteiger partial charge in [0.2, 0.25) is 5.91 Å². The molecule has 0 fully saturated rings. The molecule has 2 amide bonds. The second-order valence-electron chi connectivity index (χ2n) is 6.26. The molecule has 0 unspecified atom stereocenters. The summed E-state index contributed by atoms with van der Waals surface area (Å²) in [5, 5.41) is 5.40. The quantitative estimate of drug-likeness (QED) is 0.560. The third-order valence-corrected chi connectivity index (χ3v) is 4.55. The maximum Gasteiger partial charge on any atom is 0.251 e. The fraction of sp³-hybridized carbons (Fsp3) is 0.333. The van der Waals surface area contributed by atoms with Gasteiger partial charge < -0.3 is 20.1 Å². The first-order valence-corrected chi connectivity index (χ1v) is 9.89. The van der Waals surface area contributed by atoms with Crippen LogP contribution in [0, 0.1) is 6.92 Å². The summed E-state index contributed by atoms with van der Waals surface area (Å²) in [6.45, 7) is 4.44. The zero-order valence-corrected chi connectivity index (χ0v) is 17.9. The van der Waals surface area contributed by atoms with Crippen molar-refractivity contribution in [2.75, 3.05) is 25.6 Å². The van der Waals surface area contributed by atoms with Gasteiger partial charge in [0.05, 0.1) is 20.3 Å². The number of hydrogen-bond acceptors (Lipinski definition) is 4. The van der Waals surface area contributed by atoms with Crippen molar-refractivity contribution in [1.82, 2.24) is 5.32 Å². The van der Waals surface area contributed by atoms with Gasteiger partial charge in [-0.1, -0.05) is 29.3 Å². The smallest absolute Gasteiger partial charge is 0.251 e. The van der Waals surface area contributed by atoms with E-state index < -0.39 is 0 Å². The summed E-state index contributed by atoms with van der Waals surface area (Å²) in [4.78, 5) is 24.5. The monoisotopic (exact) mass is 448 g/mol. The summed E-state index contributed by atoms with van der Waals surface area (Å²) in [5.41, 5.74) is 2.03. The Balaban J connectivity index is 1.93. The number of amides is 2. The summed E-state index contributed by atoms with van der Waals surface area (Å²) >= 11 is 3.38. The first-order chi connectivity index (χ1) is 13.4. The average Bonchev–Trinajstić information content (AvgIpc) is 2.68. The van der Waals surface area contributed by atoms with E-state index in [2.05, 4.69) is 33.5 Å². The van der Waals surface area contributed by atoms with Crippen LogP contribution in [-0.2, 0) is 4.79 Å². The lowest BCUT2D eigenvalue weighted by molar-refractivity contribution is -0.115. The average molecular weight is 449 g/mol. The molecule has 0 saturated carbocycles. The highest BCUT2D eigenvalue weighted by molar-refractivity contribution is 9.10. The number of hydrogen-bond donors (Lipinski definition) is 2. The molecule has 0 aliphatic rings. The Labute approximate surface area is 173 Å². The maximum atomic E-state index is 12.4. The second-order valence-corrected chi connectivity index (χ2v) is 7.17. The zero-order valence-electron chi connectivity index (χ0n) is 16.3. The molecule has 0 bridgehead atoms. The molecule has 2 aromatic carbocycles. The third-order valence-electron chi connectivity index (χ3n) is 4.05. The summed E-state index contributed by atoms with van der Waals surface area (Å²) in [5.74, 6) is 0.418. The summed E-state index contributed by atoms with van der Waals surface area (Å²) < 4.78 is 11.9. The van der Waals surface area contributed by atoms with Crippen LogP contribution in [0.3, 0.4) is 0 Å². The molecule has 2 aromatic rings. The Kier molecular flexibility index (Phi) is 8.32. The Morgan fingerprint density at radius 1 is 1.11 bits per heavy atom. The van der Waals surface area contributed by atoms with Crippen molar-refractivity contribution in [1.29, 1.82) is 0 Å². The molecular formula is C21H25BrN2O4. The van der Waals surface area contributed by atoms with E-state index in [1.165, 1.54) is 7.11 Å². The molecule has 28 heavy (non-hydrogen) atoms. The van der Waals surface area contributed by atoms with E-state index in [-0.39, 0.29) is 18.4 Å². The van der Waals surface area contributed by atoms with E-state index in [0.29, 0.717) is 29.4 Å². The van der Waals surface area contributed by atoms with Crippen molar-refractivity contribution in [3.05, 3.63) is 52.0 Å². The van der Waals surface area contributed by atoms with Crippen LogP contribution in [0.15, 0.2) is 40.9 Å². The fourth-order valence-electron chi connectivity index (χ4n) is 2.48. The van der Waals surface area contributed by atoms with Gasteiger partial charge in [0.15, 0.2) is 11.5 Å². The number of carbonyl (C=O) groups excluding carboxylic acids is 2. The predicted octanol–water partition coefficient (Wildman–Crippen LogP) is 4.31. The van der Waals surface area contributed by atoms with Gasteiger partial charge in [-0.15, -0.1) is 0 Å². The van der Waals surface area contributed by atoms with E-state index in [1.807, 2.05) is 19.1 Å². The molecule has 2 rings (SSSR count). The minimum atomic E-state index is -0.360. The van der Waals surface area contributed by atoms with Gasteiger partial charge in [-0.05, 0) is 55.3 Å². The molecule has 0 spiro atoms. The molecule has 0 aliphatic heterocycles. The van der Waals surface area contributed by atoms with Crippen LogP contribution < -0.4 is 20.1 Å². The summed E-state index contributed by atoms with van der Waals surface area (Å²) in [6, 6.07) is 10.5. The number of aryl methyl sites for hydroxylation is 1. The van der Waals surface area contributed by atoms with Gasteiger partial charge in [0.25, 0.3) is 5.91 Å². The molecule has 0 radical (unpaired) electrons. The molecule has 0 heterocycles. The van der Waals surface area contributed by atoms with E-state index in [0.717, 1.165) is 22.9 Å². The van der Waals surface area contributed by atoms with E-state index in [4.69, 9.17) is 9.47 Å². The lowest BCUT2D eigenvalue weighted by Crippen LogP contribution is -2.33. The fourth-order valence-corrected chi connectivity index (χ4v) is 2.95. The molecule has 6 nitrogen and oxygen atoms in total. The minimum absolute atomic E-state index is 0.134. The molecule has 7 heteroatoms. The molecule has 150 valence electrons. The largest absolute Gasteiger partial charge is 0.493 e. The number of anilines is 1. The predicted molar refractivity (Wildman–Crippen MR) is 113 cm³/mol. The Morgan fingerprint density at radius 3 is 2.57 bits per heavy atom. The molecule has 2 N–H and O–H groups in total. The molecule has 0 saturated heterocycles. The van der Waals surface area contributed by atoms with Gasteiger partial charge in [0, 0.05) is 15.7 Å². The van der Waals surface area contributed by atoms with Crippen molar-refractivity contribution in [3.63, 3.8) is 0 Å². The third kappa shape index (κ3) is 6.27. The van der Waals surface area contributed by atoms with E-state index in [9.17, 15) is 9.59 Å².